The second-order valence-electron chi connectivity index (χ2n) is 5.04. The minimum atomic E-state index is -1.13. The first-order valence-electron chi connectivity index (χ1n) is 6.83. The molecular weight excluding hydrogens is 264 g/mol. The SMILES string of the molecule is CC1=NN(c2ccccc2)C(=O)C1C([O-])c1ccccc1. The van der Waals surface area contributed by atoms with E-state index in [4.69, 9.17) is 0 Å². The van der Waals surface area contributed by atoms with Gasteiger partial charge in [0.25, 0.3) is 5.91 Å². The maximum absolute atomic E-state index is 12.6. The monoisotopic (exact) mass is 279 g/mol. The summed E-state index contributed by atoms with van der Waals surface area (Å²) in [6.07, 6.45) is -1.13. The number of hydrogen-bond donors (Lipinski definition) is 0. The van der Waals surface area contributed by atoms with Gasteiger partial charge in [-0.3, -0.25) is 4.79 Å². The Morgan fingerprint density at radius 2 is 1.62 bits per heavy atom. The van der Waals surface area contributed by atoms with Crippen LogP contribution in [-0.4, -0.2) is 11.6 Å². The molecule has 0 radical (unpaired) electrons. The highest BCUT2D eigenvalue weighted by Crippen LogP contribution is 2.30. The van der Waals surface area contributed by atoms with Crippen molar-refractivity contribution in [1.82, 2.24) is 0 Å². The van der Waals surface area contributed by atoms with Gasteiger partial charge in [0, 0.05) is 5.71 Å². The second-order valence-corrected chi connectivity index (χ2v) is 5.04. The fraction of sp³-hybridized carbons (Fsp3) is 0.176. The van der Waals surface area contributed by atoms with Crippen molar-refractivity contribution >= 4 is 17.3 Å². The molecule has 0 aromatic heterocycles. The summed E-state index contributed by atoms with van der Waals surface area (Å²) in [6, 6.07) is 18.1. The normalized spacial score (nSPS) is 19.5. The van der Waals surface area contributed by atoms with E-state index in [-0.39, 0.29) is 5.91 Å². The van der Waals surface area contributed by atoms with Crippen molar-refractivity contribution in [2.45, 2.75) is 13.0 Å². The van der Waals surface area contributed by atoms with Gasteiger partial charge in [-0.1, -0.05) is 60.2 Å². The standard InChI is InChI=1S/C17H15N2O2/c1-12-15(16(20)13-8-4-2-5-9-13)17(21)19(18-12)14-10-6-3-7-11-14/h2-11,15-16H,1H3/q-1. The fourth-order valence-corrected chi connectivity index (χ4v) is 2.52. The molecule has 0 saturated carbocycles. The van der Waals surface area contributed by atoms with Gasteiger partial charge in [0.2, 0.25) is 0 Å². The van der Waals surface area contributed by atoms with Crippen LogP contribution in [0.3, 0.4) is 0 Å². The quantitative estimate of drug-likeness (QED) is 0.864. The molecule has 4 heteroatoms. The lowest BCUT2D eigenvalue weighted by atomic mass is 9.92. The number of carbonyl (C=O) groups excluding carboxylic acids is 1. The van der Waals surface area contributed by atoms with Gasteiger partial charge < -0.3 is 5.11 Å². The molecular formula is C17H15N2O2-. The first-order valence-corrected chi connectivity index (χ1v) is 6.83. The summed E-state index contributed by atoms with van der Waals surface area (Å²) in [6.45, 7) is 1.74. The molecule has 2 aromatic carbocycles. The molecule has 1 aliphatic rings. The highest BCUT2D eigenvalue weighted by molar-refractivity contribution is 6.15. The molecule has 3 rings (SSSR count). The third kappa shape index (κ3) is 2.45. The van der Waals surface area contributed by atoms with Crippen LogP contribution in [0.25, 0.3) is 0 Å². The van der Waals surface area contributed by atoms with Crippen LogP contribution in [-0.2, 0) is 4.79 Å². The van der Waals surface area contributed by atoms with E-state index in [1.54, 1.807) is 43.3 Å². The van der Waals surface area contributed by atoms with Crippen LogP contribution in [0.4, 0.5) is 5.69 Å². The Bertz CT molecular complexity index is 668. The molecule has 0 N–H and O–H groups in total. The van der Waals surface area contributed by atoms with Crippen LogP contribution >= 0.6 is 0 Å². The third-order valence-corrected chi connectivity index (χ3v) is 3.61. The summed E-state index contributed by atoms with van der Waals surface area (Å²) in [5, 5.41) is 18.2. The van der Waals surface area contributed by atoms with Crippen LogP contribution in [0.5, 0.6) is 0 Å². The summed E-state index contributed by atoms with van der Waals surface area (Å²) in [5.74, 6) is -1.00. The van der Waals surface area contributed by atoms with Gasteiger partial charge in [0.15, 0.2) is 0 Å². The van der Waals surface area contributed by atoms with Crippen LogP contribution < -0.4 is 10.1 Å². The van der Waals surface area contributed by atoms with Crippen molar-refractivity contribution in [2.75, 3.05) is 5.01 Å². The largest absolute Gasteiger partial charge is 0.848 e. The highest BCUT2D eigenvalue weighted by Gasteiger charge is 2.35. The smallest absolute Gasteiger partial charge is 0.255 e. The van der Waals surface area contributed by atoms with Gasteiger partial charge >= 0.3 is 0 Å². The molecule has 0 fully saturated rings. The Morgan fingerprint density at radius 1 is 1.05 bits per heavy atom. The molecule has 21 heavy (non-hydrogen) atoms. The van der Waals surface area contributed by atoms with Crippen molar-refractivity contribution in [1.29, 1.82) is 0 Å². The lowest BCUT2D eigenvalue weighted by molar-refractivity contribution is -0.431. The zero-order chi connectivity index (χ0) is 14.8. The average Bonchev–Trinajstić information content (AvgIpc) is 2.83. The third-order valence-electron chi connectivity index (χ3n) is 3.61. The Morgan fingerprint density at radius 3 is 2.24 bits per heavy atom. The Balaban J connectivity index is 1.89. The minimum absolute atomic E-state index is 0.262. The van der Waals surface area contributed by atoms with Gasteiger partial charge in [0.1, 0.15) is 0 Å². The molecule has 0 bridgehead atoms. The Kier molecular flexibility index (Phi) is 3.54. The number of rotatable bonds is 3. The summed E-state index contributed by atoms with van der Waals surface area (Å²) in [7, 11) is 0. The van der Waals surface area contributed by atoms with Crippen molar-refractivity contribution < 1.29 is 9.90 Å². The lowest BCUT2D eigenvalue weighted by Gasteiger charge is -2.28. The van der Waals surface area contributed by atoms with Crippen LogP contribution in [0.2, 0.25) is 0 Å². The van der Waals surface area contributed by atoms with Crippen molar-refractivity contribution in [3.63, 3.8) is 0 Å². The summed E-state index contributed by atoms with van der Waals surface area (Å²) in [5.41, 5.74) is 1.86. The molecule has 1 heterocycles. The molecule has 0 saturated heterocycles. The fourth-order valence-electron chi connectivity index (χ4n) is 2.52. The molecule has 2 unspecified atom stereocenters. The van der Waals surface area contributed by atoms with Crippen molar-refractivity contribution in [3.8, 4) is 0 Å². The summed E-state index contributed by atoms with van der Waals surface area (Å²) in [4.78, 5) is 12.5. The topological polar surface area (TPSA) is 55.7 Å². The van der Waals surface area contributed by atoms with Crippen LogP contribution in [0.1, 0.15) is 18.6 Å². The number of hydrogen-bond acceptors (Lipinski definition) is 3. The van der Waals surface area contributed by atoms with E-state index in [9.17, 15) is 9.90 Å². The first kappa shape index (κ1) is 13.5. The number of amides is 1. The summed E-state index contributed by atoms with van der Waals surface area (Å²) < 4.78 is 0. The number of benzene rings is 2. The average molecular weight is 279 g/mol. The van der Waals surface area contributed by atoms with E-state index >= 15 is 0 Å². The van der Waals surface area contributed by atoms with Crippen LogP contribution in [0, 0.1) is 5.92 Å². The molecule has 0 spiro atoms. The van der Waals surface area contributed by atoms with Crippen molar-refractivity contribution in [2.24, 2.45) is 11.0 Å². The predicted octanol–water partition coefficient (Wildman–Crippen LogP) is 2.13. The van der Waals surface area contributed by atoms with E-state index in [1.165, 1.54) is 5.01 Å². The number of anilines is 1. The lowest BCUT2D eigenvalue weighted by Crippen LogP contribution is -2.36. The van der Waals surface area contributed by atoms with Gasteiger partial charge in [-0.2, -0.15) is 5.10 Å². The number of carbonyl (C=O) groups is 1. The first-order chi connectivity index (χ1) is 10.2. The van der Waals surface area contributed by atoms with Gasteiger partial charge in [-0.25, -0.2) is 5.01 Å². The zero-order valence-electron chi connectivity index (χ0n) is 11.6. The maximum atomic E-state index is 12.6. The van der Waals surface area contributed by atoms with Gasteiger partial charge in [0.05, 0.1) is 11.6 Å². The molecule has 2 atom stereocenters. The molecule has 4 nitrogen and oxygen atoms in total. The van der Waals surface area contributed by atoms with Gasteiger partial charge in [-0.05, 0) is 19.1 Å². The second kappa shape index (κ2) is 5.50. The van der Waals surface area contributed by atoms with E-state index in [0.717, 1.165) is 0 Å². The molecule has 106 valence electrons. The predicted molar refractivity (Wildman–Crippen MR) is 79.7 cm³/mol. The van der Waals surface area contributed by atoms with Crippen LogP contribution in [0.15, 0.2) is 65.8 Å². The molecule has 1 amide bonds. The van der Waals surface area contributed by atoms with E-state index in [0.29, 0.717) is 17.0 Å². The van der Waals surface area contributed by atoms with E-state index in [2.05, 4.69) is 5.10 Å². The maximum Gasteiger partial charge on any atom is 0.255 e. The summed E-state index contributed by atoms with van der Waals surface area (Å²) >= 11 is 0. The molecule has 1 aliphatic heterocycles. The highest BCUT2D eigenvalue weighted by atomic mass is 16.3. The Hall–Kier alpha value is -2.46. The minimum Gasteiger partial charge on any atom is -0.848 e. The zero-order valence-corrected chi connectivity index (χ0v) is 11.6. The number of para-hydroxylation sites is 1. The molecule has 0 aliphatic carbocycles. The van der Waals surface area contributed by atoms with E-state index < -0.39 is 12.0 Å². The number of nitrogens with zero attached hydrogens (tertiary/aromatic N) is 2. The number of hydrazone groups is 1. The molecule has 2 aromatic rings. The van der Waals surface area contributed by atoms with Crippen molar-refractivity contribution in [3.05, 3.63) is 66.2 Å². The van der Waals surface area contributed by atoms with Gasteiger partial charge in [-0.15, -0.1) is 0 Å². The van der Waals surface area contributed by atoms with E-state index in [1.807, 2.05) is 24.3 Å². The Labute approximate surface area is 123 Å².